The Kier molecular flexibility index (Phi) is 3.83. The van der Waals surface area contributed by atoms with E-state index in [1.165, 1.54) is 10.9 Å². The average Bonchev–Trinajstić information content (AvgIpc) is 2.31. The number of nitrogens with zero attached hydrogens (tertiary/aromatic N) is 2. The van der Waals surface area contributed by atoms with Crippen LogP contribution in [-0.4, -0.2) is 27.2 Å². The van der Waals surface area contributed by atoms with Crippen LogP contribution >= 0.6 is 0 Å². The van der Waals surface area contributed by atoms with Crippen molar-refractivity contribution in [2.24, 2.45) is 0 Å². The van der Waals surface area contributed by atoms with E-state index in [0.29, 0.717) is 5.69 Å². The first-order valence-electron chi connectivity index (χ1n) is 6.83. The van der Waals surface area contributed by atoms with Crippen molar-refractivity contribution < 1.29 is 9.53 Å². The summed E-state index contributed by atoms with van der Waals surface area (Å²) in [6.07, 6.45) is 3.16. The van der Waals surface area contributed by atoms with Gasteiger partial charge in [-0.3, -0.25) is 14.2 Å². The molecule has 2 rings (SSSR count). The number of hydrogen-bond donors (Lipinski definition) is 1. The lowest BCUT2D eigenvalue weighted by molar-refractivity contribution is -0.155. The Labute approximate surface area is 118 Å². The van der Waals surface area contributed by atoms with E-state index < -0.39 is 11.6 Å². The number of aromatic nitrogens is 2. The number of nitrogens with one attached hydrogen (secondary N) is 1. The van der Waals surface area contributed by atoms with Crippen LogP contribution in [0.3, 0.4) is 0 Å². The molecular formula is C14H21N3O3. The molecule has 6 heteroatoms. The SMILES string of the molecule is C[C@@H]1CCc2ncn(CC(=O)OC(C)(C)C)c(=O)c2N1. The van der Waals surface area contributed by atoms with Crippen molar-refractivity contribution in [3.63, 3.8) is 0 Å². The van der Waals surface area contributed by atoms with Crippen molar-refractivity contribution >= 4 is 11.7 Å². The number of ether oxygens (including phenoxy) is 1. The molecule has 0 spiro atoms. The van der Waals surface area contributed by atoms with E-state index in [9.17, 15) is 9.59 Å². The first-order valence-corrected chi connectivity index (χ1v) is 6.83. The van der Waals surface area contributed by atoms with Gasteiger partial charge in [0.1, 0.15) is 17.8 Å². The summed E-state index contributed by atoms with van der Waals surface area (Å²) in [6.45, 7) is 7.28. The zero-order valence-corrected chi connectivity index (χ0v) is 12.4. The van der Waals surface area contributed by atoms with Gasteiger partial charge in [-0.2, -0.15) is 0 Å². The number of carbonyl (C=O) groups excluding carboxylic acids is 1. The van der Waals surface area contributed by atoms with Gasteiger partial charge in [0.25, 0.3) is 5.56 Å². The predicted molar refractivity (Wildman–Crippen MR) is 75.7 cm³/mol. The number of anilines is 1. The topological polar surface area (TPSA) is 73.2 Å². The molecule has 0 amide bonds. The van der Waals surface area contributed by atoms with Crippen LogP contribution in [-0.2, 0) is 22.5 Å². The third-order valence-corrected chi connectivity index (χ3v) is 3.04. The lowest BCUT2D eigenvalue weighted by Crippen LogP contribution is -2.35. The van der Waals surface area contributed by atoms with E-state index in [0.717, 1.165) is 18.5 Å². The lowest BCUT2D eigenvalue weighted by Gasteiger charge is -2.23. The monoisotopic (exact) mass is 279 g/mol. The molecule has 0 aromatic carbocycles. The molecule has 1 atom stereocenters. The summed E-state index contributed by atoms with van der Waals surface area (Å²) >= 11 is 0. The zero-order chi connectivity index (χ0) is 14.9. The molecule has 0 bridgehead atoms. The van der Waals surface area contributed by atoms with Crippen molar-refractivity contribution in [1.29, 1.82) is 0 Å². The molecule has 0 fully saturated rings. The Morgan fingerprint density at radius 2 is 2.25 bits per heavy atom. The zero-order valence-electron chi connectivity index (χ0n) is 12.4. The standard InChI is InChI=1S/C14H21N3O3/c1-9-5-6-10-12(16-9)13(19)17(8-15-10)7-11(18)20-14(2,3)4/h8-9,16H,5-7H2,1-4H3/t9-/m1/s1. The Morgan fingerprint density at radius 3 is 2.90 bits per heavy atom. The van der Waals surface area contributed by atoms with Crippen LogP contribution in [0.5, 0.6) is 0 Å². The van der Waals surface area contributed by atoms with Crippen LogP contribution in [0.15, 0.2) is 11.1 Å². The minimum Gasteiger partial charge on any atom is -0.459 e. The number of esters is 1. The minimum atomic E-state index is -0.560. The summed E-state index contributed by atoms with van der Waals surface area (Å²) in [6, 6.07) is 0.245. The van der Waals surface area contributed by atoms with E-state index >= 15 is 0 Å². The molecule has 0 saturated heterocycles. The fourth-order valence-corrected chi connectivity index (χ4v) is 2.16. The fourth-order valence-electron chi connectivity index (χ4n) is 2.16. The van der Waals surface area contributed by atoms with Gasteiger partial charge < -0.3 is 10.1 Å². The quantitative estimate of drug-likeness (QED) is 0.827. The van der Waals surface area contributed by atoms with Crippen LogP contribution in [0.4, 0.5) is 5.69 Å². The molecule has 1 N–H and O–H groups in total. The van der Waals surface area contributed by atoms with Crippen LogP contribution in [0.1, 0.15) is 39.8 Å². The van der Waals surface area contributed by atoms with Gasteiger partial charge >= 0.3 is 5.97 Å². The van der Waals surface area contributed by atoms with Crippen molar-refractivity contribution in [3.05, 3.63) is 22.4 Å². The molecule has 1 aliphatic rings. The molecule has 0 radical (unpaired) electrons. The van der Waals surface area contributed by atoms with Gasteiger partial charge in [0.2, 0.25) is 0 Å². The van der Waals surface area contributed by atoms with Crippen molar-refractivity contribution in [3.8, 4) is 0 Å². The number of rotatable bonds is 2. The number of fused-ring (bicyclic) bond motifs is 1. The number of aryl methyl sites for hydroxylation is 1. The van der Waals surface area contributed by atoms with E-state index in [-0.39, 0.29) is 18.1 Å². The maximum absolute atomic E-state index is 12.3. The average molecular weight is 279 g/mol. The molecule has 1 aliphatic heterocycles. The smallest absolute Gasteiger partial charge is 0.326 e. The van der Waals surface area contributed by atoms with E-state index in [2.05, 4.69) is 10.3 Å². The molecule has 6 nitrogen and oxygen atoms in total. The van der Waals surface area contributed by atoms with Crippen LogP contribution < -0.4 is 10.9 Å². The highest BCUT2D eigenvalue weighted by Gasteiger charge is 2.21. The maximum atomic E-state index is 12.3. The van der Waals surface area contributed by atoms with Gasteiger partial charge in [0.05, 0.1) is 12.0 Å². The van der Waals surface area contributed by atoms with Gasteiger partial charge in [-0.05, 0) is 40.5 Å². The highest BCUT2D eigenvalue weighted by atomic mass is 16.6. The summed E-state index contributed by atoms with van der Waals surface area (Å²) in [5.74, 6) is -0.440. The summed E-state index contributed by atoms with van der Waals surface area (Å²) in [5.41, 5.74) is 0.505. The normalized spacial score (nSPS) is 18.1. The molecule has 20 heavy (non-hydrogen) atoms. The molecule has 0 aliphatic carbocycles. The van der Waals surface area contributed by atoms with E-state index in [4.69, 9.17) is 4.74 Å². The van der Waals surface area contributed by atoms with Crippen LogP contribution in [0, 0.1) is 0 Å². The summed E-state index contributed by atoms with van der Waals surface area (Å²) in [5, 5.41) is 3.14. The van der Waals surface area contributed by atoms with Crippen LogP contribution in [0.2, 0.25) is 0 Å². The summed E-state index contributed by atoms with van der Waals surface area (Å²) in [4.78, 5) is 28.4. The molecule has 110 valence electrons. The molecule has 0 unspecified atom stereocenters. The summed E-state index contributed by atoms with van der Waals surface area (Å²) < 4.78 is 6.50. The fraction of sp³-hybridized carbons (Fsp3) is 0.643. The Hall–Kier alpha value is -1.85. The third-order valence-electron chi connectivity index (χ3n) is 3.04. The highest BCUT2D eigenvalue weighted by Crippen LogP contribution is 2.18. The minimum absolute atomic E-state index is 0.119. The molecule has 2 heterocycles. The third kappa shape index (κ3) is 3.37. The van der Waals surface area contributed by atoms with Crippen molar-refractivity contribution in [1.82, 2.24) is 9.55 Å². The molecule has 1 aromatic rings. The van der Waals surface area contributed by atoms with Crippen LogP contribution in [0.25, 0.3) is 0 Å². The second-order valence-electron chi connectivity index (χ2n) is 6.17. The number of hydrogen-bond acceptors (Lipinski definition) is 5. The Bertz CT molecular complexity index is 572. The molecule has 1 aromatic heterocycles. The largest absolute Gasteiger partial charge is 0.459 e. The van der Waals surface area contributed by atoms with Gasteiger partial charge in [-0.1, -0.05) is 0 Å². The van der Waals surface area contributed by atoms with Crippen molar-refractivity contribution in [2.45, 2.75) is 58.7 Å². The lowest BCUT2D eigenvalue weighted by atomic mass is 10.0. The summed E-state index contributed by atoms with van der Waals surface area (Å²) in [7, 11) is 0. The van der Waals surface area contributed by atoms with Crippen molar-refractivity contribution in [2.75, 3.05) is 5.32 Å². The van der Waals surface area contributed by atoms with Gasteiger partial charge in [-0.15, -0.1) is 0 Å². The van der Waals surface area contributed by atoms with E-state index in [1.54, 1.807) is 20.8 Å². The molecule has 0 saturated carbocycles. The predicted octanol–water partition coefficient (Wildman–Crippen LogP) is 1.33. The molecular weight excluding hydrogens is 258 g/mol. The Balaban J connectivity index is 2.20. The Morgan fingerprint density at radius 1 is 1.55 bits per heavy atom. The van der Waals surface area contributed by atoms with Gasteiger partial charge in [0.15, 0.2) is 0 Å². The highest BCUT2D eigenvalue weighted by molar-refractivity contribution is 5.69. The first kappa shape index (κ1) is 14.6. The van der Waals surface area contributed by atoms with Gasteiger partial charge in [0, 0.05) is 6.04 Å². The maximum Gasteiger partial charge on any atom is 0.326 e. The number of carbonyl (C=O) groups is 1. The second kappa shape index (κ2) is 5.26. The van der Waals surface area contributed by atoms with Gasteiger partial charge in [-0.25, -0.2) is 4.98 Å². The van der Waals surface area contributed by atoms with E-state index in [1.807, 2.05) is 6.92 Å². The second-order valence-corrected chi connectivity index (χ2v) is 6.17. The first-order chi connectivity index (χ1) is 9.26.